The Morgan fingerprint density at radius 2 is 1.87 bits per heavy atom. The van der Waals surface area contributed by atoms with Crippen LogP contribution in [0, 0.1) is 5.92 Å². The Hall–Kier alpha value is -0.790. The minimum atomic E-state index is -0.169. The Morgan fingerprint density at radius 1 is 1.33 bits per heavy atom. The molecule has 0 heterocycles. The first-order chi connectivity index (χ1) is 7.15. The fourth-order valence-electron chi connectivity index (χ4n) is 2.78. The summed E-state index contributed by atoms with van der Waals surface area (Å²) in [6.07, 6.45) is 7.63. The van der Waals surface area contributed by atoms with Crippen molar-refractivity contribution in [3.63, 3.8) is 0 Å². The maximum absolute atomic E-state index is 11.7. The highest BCUT2D eigenvalue weighted by atomic mass is 16.6. The van der Waals surface area contributed by atoms with Gasteiger partial charge < -0.3 is 4.74 Å². The normalized spacial score (nSPS) is 33.8. The van der Waals surface area contributed by atoms with E-state index in [1.54, 1.807) is 0 Å². The number of carbonyl (C=O) groups is 1. The van der Waals surface area contributed by atoms with Crippen LogP contribution >= 0.6 is 0 Å². The van der Waals surface area contributed by atoms with Gasteiger partial charge in [-0.2, -0.15) is 0 Å². The highest BCUT2D eigenvalue weighted by Gasteiger charge is 2.43. The number of fused-ring (bicyclic) bond motifs is 3. The average molecular weight is 208 g/mol. The molecule has 0 aromatic heterocycles. The van der Waals surface area contributed by atoms with Gasteiger partial charge in [-0.15, -0.1) is 0 Å². The van der Waals surface area contributed by atoms with E-state index in [0.717, 1.165) is 25.2 Å². The molecule has 3 aliphatic carbocycles. The SMILES string of the molecule is C=C(CC)C(=O)OC12CCC(CC1)CC2. The zero-order valence-corrected chi connectivity index (χ0v) is 9.55. The van der Waals surface area contributed by atoms with Crippen molar-refractivity contribution in [1.29, 1.82) is 0 Å². The quantitative estimate of drug-likeness (QED) is 0.526. The number of carbonyl (C=O) groups excluding carboxylic acids is 1. The monoisotopic (exact) mass is 208 g/mol. The summed E-state index contributed by atoms with van der Waals surface area (Å²) in [5, 5.41) is 0. The molecule has 2 bridgehead atoms. The number of rotatable bonds is 3. The third kappa shape index (κ3) is 2.09. The molecule has 0 atom stereocenters. The minimum Gasteiger partial charge on any atom is -0.456 e. The summed E-state index contributed by atoms with van der Waals surface area (Å²) in [7, 11) is 0. The second-order valence-electron chi connectivity index (χ2n) is 5.01. The fourth-order valence-corrected chi connectivity index (χ4v) is 2.78. The molecule has 0 spiro atoms. The highest BCUT2D eigenvalue weighted by Crippen LogP contribution is 2.46. The summed E-state index contributed by atoms with van der Waals surface area (Å²) in [6, 6.07) is 0. The lowest BCUT2D eigenvalue weighted by molar-refractivity contribution is -0.166. The minimum absolute atomic E-state index is 0.121. The van der Waals surface area contributed by atoms with Crippen LogP contribution in [0.15, 0.2) is 12.2 Å². The van der Waals surface area contributed by atoms with Gasteiger partial charge in [0.05, 0.1) is 0 Å². The van der Waals surface area contributed by atoms with Crippen molar-refractivity contribution < 1.29 is 9.53 Å². The van der Waals surface area contributed by atoms with E-state index in [-0.39, 0.29) is 11.6 Å². The van der Waals surface area contributed by atoms with E-state index in [2.05, 4.69) is 6.58 Å². The van der Waals surface area contributed by atoms with E-state index >= 15 is 0 Å². The van der Waals surface area contributed by atoms with Gasteiger partial charge >= 0.3 is 5.97 Å². The molecule has 2 heteroatoms. The topological polar surface area (TPSA) is 26.3 Å². The van der Waals surface area contributed by atoms with E-state index in [0.29, 0.717) is 12.0 Å². The van der Waals surface area contributed by atoms with Gasteiger partial charge in [0.1, 0.15) is 5.60 Å². The van der Waals surface area contributed by atoms with Crippen LogP contribution < -0.4 is 0 Å². The first-order valence-electron chi connectivity index (χ1n) is 6.06. The molecule has 0 saturated heterocycles. The van der Waals surface area contributed by atoms with E-state index in [1.165, 1.54) is 19.3 Å². The van der Waals surface area contributed by atoms with Gasteiger partial charge in [0.2, 0.25) is 0 Å². The molecule has 84 valence electrons. The predicted molar refractivity (Wildman–Crippen MR) is 59.4 cm³/mol. The first-order valence-corrected chi connectivity index (χ1v) is 6.06. The Labute approximate surface area is 91.7 Å². The van der Waals surface area contributed by atoms with Crippen LogP contribution in [0.1, 0.15) is 51.9 Å². The summed E-state index contributed by atoms with van der Waals surface area (Å²) in [4.78, 5) is 11.7. The molecule has 0 N–H and O–H groups in total. The van der Waals surface area contributed by atoms with Gasteiger partial charge in [-0.25, -0.2) is 4.79 Å². The highest BCUT2D eigenvalue weighted by molar-refractivity contribution is 5.87. The van der Waals surface area contributed by atoms with Crippen molar-refractivity contribution in [2.24, 2.45) is 5.92 Å². The van der Waals surface area contributed by atoms with Crippen LogP contribution in [0.4, 0.5) is 0 Å². The zero-order valence-electron chi connectivity index (χ0n) is 9.55. The summed E-state index contributed by atoms with van der Waals surface area (Å²) in [5.74, 6) is 0.734. The van der Waals surface area contributed by atoms with Crippen molar-refractivity contribution in [2.75, 3.05) is 0 Å². The largest absolute Gasteiger partial charge is 0.456 e. The lowest BCUT2D eigenvalue weighted by Crippen LogP contribution is -2.43. The molecule has 2 nitrogen and oxygen atoms in total. The van der Waals surface area contributed by atoms with Crippen LogP contribution in [0.5, 0.6) is 0 Å². The standard InChI is InChI=1S/C13H20O2/c1-3-10(2)12(14)15-13-7-4-11(5-8-13)6-9-13/h11H,2-9H2,1H3. The van der Waals surface area contributed by atoms with Crippen LogP contribution in [-0.2, 0) is 9.53 Å². The molecule has 0 aromatic rings. The van der Waals surface area contributed by atoms with Gasteiger partial charge in [-0.3, -0.25) is 0 Å². The maximum atomic E-state index is 11.7. The van der Waals surface area contributed by atoms with Crippen LogP contribution in [0.25, 0.3) is 0 Å². The summed E-state index contributed by atoms with van der Waals surface area (Å²) < 4.78 is 5.68. The smallest absolute Gasteiger partial charge is 0.333 e. The van der Waals surface area contributed by atoms with E-state index in [1.807, 2.05) is 6.92 Å². The summed E-state index contributed by atoms with van der Waals surface area (Å²) >= 11 is 0. The molecule has 3 rings (SSSR count). The second kappa shape index (κ2) is 3.99. The zero-order chi connectivity index (χ0) is 10.9. The van der Waals surface area contributed by atoms with Crippen molar-refractivity contribution in [1.82, 2.24) is 0 Å². The number of esters is 1. The lowest BCUT2D eigenvalue weighted by Gasteiger charge is -2.45. The molecular weight excluding hydrogens is 188 g/mol. The van der Waals surface area contributed by atoms with Crippen LogP contribution in [0.3, 0.4) is 0 Å². The van der Waals surface area contributed by atoms with Gasteiger partial charge in [-0.1, -0.05) is 13.5 Å². The van der Waals surface area contributed by atoms with Gasteiger partial charge in [0.15, 0.2) is 0 Å². The van der Waals surface area contributed by atoms with Crippen LogP contribution in [0.2, 0.25) is 0 Å². The Morgan fingerprint density at radius 3 is 2.33 bits per heavy atom. The van der Waals surface area contributed by atoms with E-state index < -0.39 is 0 Å². The third-order valence-electron chi connectivity index (χ3n) is 4.05. The fraction of sp³-hybridized carbons (Fsp3) is 0.769. The van der Waals surface area contributed by atoms with E-state index in [9.17, 15) is 4.79 Å². The molecule has 3 aliphatic rings. The Kier molecular flexibility index (Phi) is 2.85. The number of hydrogen-bond donors (Lipinski definition) is 0. The third-order valence-corrected chi connectivity index (χ3v) is 4.05. The number of ether oxygens (including phenoxy) is 1. The van der Waals surface area contributed by atoms with Crippen molar-refractivity contribution in [2.45, 2.75) is 57.5 Å². The Balaban J connectivity index is 1.98. The molecule has 0 radical (unpaired) electrons. The molecule has 0 unspecified atom stereocenters. The Bertz CT molecular complexity index is 258. The molecule has 0 aliphatic heterocycles. The van der Waals surface area contributed by atoms with Gasteiger partial charge in [-0.05, 0) is 50.9 Å². The van der Waals surface area contributed by atoms with Gasteiger partial charge in [0.25, 0.3) is 0 Å². The maximum Gasteiger partial charge on any atom is 0.333 e. The van der Waals surface area contributed by atoms with Crippen molar-refractivity contribution >= 4 is 5.97 Å². The summed E-state index contributed by atoms with van der Waals surface area (Å²) in [5.41, 5.74) is 0.487. The second-order valence-corrected chi connectivity index (χ2v) is 5.01. The average Bonchev–Trinajstić information content (AvgIpc) is 2.29. The molecule has 15 heavy (non-hydrogen) atoms. The molecule has 0 amide bonds. The van der Waals surface area contributed by atoms with Crippen molar-refractivity contribution in [3.8, 4) is 0 Å². The molecular formula is C13H20O2. The summed E-state index contributed by atoms with van der Waals surface area (Å²) in [6.45, 7) is 5.69. The van der Waals surface area contributed by atoms with Gasteiger partial charge in [0, 0.05) is 5.57 Å². The van der Waals surface area contributed by atoms with Crippen molar-refractivity contribution in [3.05, 3.63) is 12.2 Å². The number of hydrogen-bond acceptors (Lipinski definition) is 2. The molecule has 3 saturated carbocycles. The lowest BCUT2D eigenvalue weighted by atomic mass is 9.68. The van der Waals surface area contributed by atoms with E-state index in [4.69, 9.17) is 4.74 Å². The predicted octanol–water partition coefficient (Wildman–Crippen LogP) is 3.22. The molecule has 0 aromatic carbocycles. The van der Waals surface area contributed by atoms with Crippen LogP contribution in [-0.4, -0.2) is 11.6 Å². The molecule has 3 fully saturated rings. The first kappa shape index (κ1) is 10.7.